The quantitative estimate of drug-likeness (QED) is 0.237. The van der Waals surface area contributed by atoms with Gasteiger partial charge in [0.15, 0.2) is 5.82 Å². The smallest absolute Gasteiger partial charge is 0.407 e. The zero-order chi connectivity index (χ0) is 36.4. The number of likely N-dealkylation sites (tertiary alicyclic amines) is 2. The first-order chi connectivity index (χ1) is 24.5. The van der Waals surface area contributed by atoms with Gasteiger partial charge in [0.1, 0.15) is 12.1 Å². The molecular weight excluding hydrogens is 646 g/mol. The van der Waals surface area contributed by atoms with Crippen molar-refractivity contribution in [2.75, 3.05) is 25.5 Å². The highest BCUT2D eigenvalue weighted by Crippen LogP contribution is 2.33. The molecule has 2 aromatic carbocycles. The summed E-state index contributed by atoms with van der Waals surface area (Å²) in [7, 11) is 1.25. The van der Waals surface area contributed by atoms with Crippen molar-refractivity contribution in [1.82, 2.24) is 25.3 Å². The second-order valence-electron chi connectivity index (χ2n) is 14.6. The molecule has 0 unspecified atom stereocenters. The molecular formula is C39H49N7O5. The predicted molar refractivity (Wildman–Crippen MR) is 198 cm³/mol. The molecule has 0 aliphatic carbocycles. The van der Waals surface area contributed by atoms with Crippen molar-refractivity contribution in [3.63, 3.8) is 0 Å². The molecule has 0 spiro atoms. The van der Waals surface area contributed by atoms with E-state index in [1.54, 1.807) is 4.90 Å². The highest BCUT2D eigenvalue weighted by Gasteiger charge is 2.39. The van der Waals surface area contributed by atoms with Gasteiger partial charge in [-0.1, -0.05) is 65.0 Å². The lowest BCUT2D eigenvalue weighted by Gasteiger charge is -2.30. The third-order valence-corrected chi connectivity index (χ3v) is 10.7. The highest BCUT2D eigenvalue weighted by molar-refractivity contribution is 6.05. The molecule has 6 rings (SSSR count). The maximum absolute atomic E-state index is 13.5. The van der Waals surface area contributed by atoms with Gasteiger partial charge < -0.3 is 25.2 Å². The Kier molecular flexibility index (Phi) is 10.6. The topological polar surface area (TPSA) is 149 Å². The number of carbonyl (C=O) groups is 4. The fraction of sp³-hybridized carbons (Fsp3) is 0.487. The average Bonchev–Trinajstić information content (AvgIpc) is 3.96. The molecule has 0 bridgehead atoms. The number of aliphatic imine (C=N–C) groups is 1. The van der Waals surface area contributed by atoms with Crippen molar-refractivity contribution in [2.24, 2.45) is 22.7 Å². The van der Waals surface area contributed by atoms with E-state index in [-0.39, 0.29) is 35.6 Å². The molecule has 1 aromatic heterocycles. The van der Waals surface area contributed by atoms with Crippen LogP contribution in [0.2, 0.25) is 0 Å². The Balaban J connectivity index is 1.09. The number of carbonyl (C=O) groups excluding carboxylic acids is 4. The number of anilines is 1. The Hall–Kier alpha value is -5.00. The van der Waals surface area contributed by atoms with Gasteiger partial charge in [-0.2, -0.15) is 5.10 Å². The molecule has 3 aromatic rings. The Labute approximate surface area is 299 Å². The van der Waals surface area contributed by atoms with Crippen molar-refractivity contribution in [3.8, 4) is 11.1 Å². The second kappa shape index (κ2) is 15.1. The molecule has 4 amide bonds. The minimum absolute atomic E-state index is 0.000837. The van der Waals surface area contributed by atoms with Gasteiger partial charge >= 0.3 is 6.09 Å². The first-order valence-electron chi connectivity index (χ1n) is 18.1. The Morgan fingerprint density at radius 3 is 2.25 bits per heavy atom. The number of allylic oxidation sites excluding steroid dienone is 1. The summed E-state index contributed by atoms with van der Waals surface area (Å²) in [4.78, 5) is 60.3. The van der Waals surface area contributed by atoms with E-state index in [9.17, 15) is 19.2 Å². The molecule has 0 radical (unpaired) electrons. The number of benzene rings is 2. The Bertz CT molecular complexity index is 1860. The number of ether oxygens (including phenoxy) is 1. The van der Waals surface area contributed by atoms with Crippen LogP contribution in [-0.2, 0) is 19.1 Å². The van der Waals surface area contributed by atoms with Crippen LogP contribution in [0.3, 0.4) is 0 Å². The standard InChI is InChI=1S/C39H49N7O5/c1-22(2)24(5)37(48)45-17-7-9-32(45)31-20-28(21-40-31)26-13-11-25(12-14-26)27-15-16-29-30(19-27)43-44-35(29)42-36(47)33-10-8-18-46(33)38(49)34(23(3)4)41-39(50)51-6/h11-16,19,21-24,32-34H,7-10,17-18,20H2,1-6H3,(H,41,50)(H2,42,43,44,47)/t24-,32-,33-,34-/m0/s1. The molecule has 4 atom stereocenters. The van der Waals surface area contributed by atoms with Gasteiger partial charge in [0.2, 0.25) is 17.7 Å². The van der Waals surface area contributed by atoms with Gasteiger partial charge in [-0.15, -0.1) is 0 Å². The number of alkyl carbamates (subject to hydrolysis) is 1. The molecule has 3 aliphatic rings. The lowest BCUT2D eigenvalue weighted by Crippen LogP contribution is -2.54. The number of H-pyrrole nitrogens is 1. The third-order valence-electron chi connectivity index (χ3n) is 10.7. The molecule has 2 fully saturated rings. The third kappa shape index (κ3) is 7.41. The molecule has 2 saturated heterocycles. The SMILES string of the molecule is COC(=O)N[C@H](C(=O)N1CCC[C@H]1C(=O)Nc1n[nH]c2cc(-c3ccc(C4=CN=C([C@@H]5CCCN5C(=O)[C@@H](C)C(C)C)C4)cc3)ccc12)C(C)C. The Morgan fingerprint density at radius 1 is 0.863 bits per heavy atom. The van der Waals surface area contributed by atoms with Crippen molar-refractivity contribution in [1.29, 1.82) is 0 Å². The van der Waals surface area contributed by atoms with Crippen LogP contribution in [0.25, 0.3) is 27.6 Å². The minimum Gasteiger partial charge on any atom is -0.453 e. The fourth-order valence-electron chi connectivity index (χ4n) is 7.30. The normalized spacial score (nSPS) is 20.1. The summed E-state index contributed by atoms with van der Waals surface area (Å²) in [6.45, 7) is 11.1. The van der Waals surface area contributed by atoms with Crippen LogP contribution >= 0.6 is 0 Å². The first kappa shape index (κ1) is 35.8. The van der Waals surface area contributed by atoms with Crippen molar-refractivity contribution < 1.29 is 23.9 Å². The number of amides is 4. The van der Waals surface area contributed by atoms with Gasteiger partial charge in [0, 0.05) is 42.7 Å². The zero-order valence-corrected chi connectivity index (χ0v) is 30.4. The molecule has 270 valence electrons. The molecule has 12 heteroatoms. The molecule has 0 saturated carbocycles. The number of aromatic amines is 1. The molecule has 51 heavy (non-hydrogen) atoms. The van der Waals surface area contributed by atoms with Crippen molar-refractivity contribution >= 4 is 51.8 Å². The zero-order valence-electron chi connectivity index (χ0n) is 30.4. The van der Waals surface area contributed by atoms with Gasteiger partial charge in [-0.05, 0) is 71.9 Å². The van der Waals surface area contributed by atoms with Crippen LogP contribution in [0.5, 0.6) is 0 Å². The number of fused-ring (bicyclic) bond motifs is 1. The molecule has 3 N–H and O–H groups in total. The van der Waals surface area contributed by atoms with Crippen LogP contribution in [0.1, 0.15) is 72.3 Å². The van der Waals surface area contributed by atoms with E-state index < -0.39 is 18.2 Å². The van der Waals surface area contributed by atoms with Crippen LogP contribution in [0, 0.1) is 17.8 Å². The number of hydrogen-bond acceptors (Lipinski definition) is 7. The van der Waals surface area contributed by atoms with E-state index in [4.69, 9.17) is 9.73 Å². The van der Waals surface area contributed by atoms with Crippen LogP contribution in [-0.4, -0.2) is 87.8 Å². The van der Waals surface area contributed by atoms with E-state index in [1.165, 1.54) is 7.11 Å². The van der Waals surface area contributed by atoms with Crippen molar-refractivity contribution in [3.05, 3.63) is 54.2 Å². The van der Waals surface area contributed by atoms with Crippen molar-refractivity contribution in [2.45, 2.75) is 84.8 Å². The summed E-state index contributed by atoms with van der Waals surface area (Å²) in [5.41, 5.74) is 6.14. The lowest BCUT2D eigenvalue weighted by molar-refractivity contribution is -0.139. The Morgan fingerprint density at radius 2 is 1.55 bits per heavy atom. The second-order valence-corrected chi connectivity index (χ2v) is 14.6. The number of nitrogens with zero attached hydrogens (tertiary/aromatic N) is 4. The summed E-state index contributed by atoms with van der Waals surface area (Å²) in [6.07, 6.45) is 5.18. The summed E-state index contributed by atoms with van der Waals surface area (Å²) >= 11 is 0. The van der Waals surface area contributed by atoms with Gasteiger partial charge in [-0.3, -0.25) is 24.5 Å². The van der Waals surface area contributed by atoms with Crippen LogP contribution in [0.15, 0.2) is 53.7 Å². The fourth-order valence-corrected chi connectivity index (χ4v) is 7.30. The number of methoxy groups -OCH3 is 1. The largest absolute Gasteiger partial charge is 0.453 e. The summed E-state index contributed by atoms with van der Waals surface area (Å²) in [6, 6.07) is 12.9. The average molecular weight is 696 g/mol. The van der Waals surface area contributed by atoms with Crippen LogP contribution < -0.4 is 10.6 Å². The highest BCUT2D eigenvalue weighted by atomic mass is 16.5. The number of nitrogens with one attached hydrogen (secondary N) is 3. The number of rotatable bonds is 10. The van der Waals surface area contributed by atoms with E-state index in [2.05, 4.69) is 58.9 Å². The van der Waals surface area contributed by atoms with Crippen LogP contribution in [0.4, 0.5) is 10.6 Å². The number of aromatic nitrogens is 2. The summed E-state index contributed by atoms with van der Waals surface area (Å²) < 4.78 is 4.70. The molecule has 4 heterocycles. The first-order valence-corrected chi connectivity index (χ1v) is 18.1. The maximum atomic E-state index is 13.5. The van der Waals surface area contributed by atoms with Gasteiger partial charge in [0.25, 0.3) is 0 Å². The molecule has 12 nitrogen and oxygen atoms in total. The minimum atomic E-state index is -0.802. The summed E-state index contributed by atoms with van der Waals surface area (Å²) in [5, 5.41) is 13.7. The summed E-state index contributed by atoms with van der Waals surface area (Å²) in [5.74, 6) is 0.123. The lowest BCUT2D eigenvalue weighted by atomic mass is 9.94. The van der Waals surface area contributed by atoms with E-state index in [1.807, 2.05) is 50.1 Å². The van der Waals surface area contributed by atoms with Gasteiger partial charge in [0.05, 0.1) is 18.7 Å². The number of hydrogen-bond donors (Lipinski definition) is 3. The monoisotopic (exact) mass is 695 g/mol. The van der Waals surface area contributed by atoms with E-state index >= 15 is 0 Å². The molecule has 3 aliphatic heterocycles. The maximum Gasteiger partial charge on any atom is 0.407 e. The predicted octanol–water partition coefficient (Wildman–Crippen LogP) is 6.01. The van der Waals surface area contributed by atoms with E-state index in [0.717, 1.165) is 64.7 Å². The van der Waals surface area contributed by atoms with E-state index in [0.29, 0.717) is 31.1 Å². The van der Waals surface area contributed by atoms with Gasteiger partial charge in [-0.25, -0.2) is 4.79 Å².